The predicted octanol–water partition coefficient (Wildman–Crippen LogP) is 2.80. The van der Waals surface area contributed by atoms with Crippen molar-refractivity contribution in [3.63, 3.8) is 0 Å². The van der Waals surface area contributed by atoms with Crippen LogP contribution in [0.2, 0.25) is 0 Å². The van der Waals surface area contributed by atoms with E-state index in [0.29, 0.717) is 19.0 Å². The van der Waals surface area contributed by atoms with Crippen LogP contribution in [0.3, 0.4) is 0 Å². The van der Waals surface area contributed by atoms with Gasteiger partial charge in [0.05, 0.1) is 6.10 Å². The number of benzene rings is 1. The van der Waals surface area contributed by atoms with E-state index >= 15 is 0 Å². The lowest BCUT2D eigenvalue weighted by Gasteiger charge is -2.30. The highest BCUT2D eigenvalue weighted by Gasteiger charge is 2.22. The van der Waals surface area contributed by atoms with Crippen LogP contribution in [-0.4, -0.2) is 35.2 Å². The molecular formula is C15H22N2O2. The molecule has 0 radical (unpaired) electrons. The molecule has 1 aromatic rings. The Hall–Kier alpha value is -1.55. The summed E-state index contributed by atoms with van der Waals surface area (Å²) in [7, 11) is 0. The number of amides is 2. The fraction of sp³-hybridized carbons (Fsp3) is 0.533. The summed E-state index contributed by atoms with van der Waals surface area (Å²) in [6, 6.07) is 7.74. The van der Waals surface area contributed by atoms with Crippen molar-refractivity contribution in [3.8, 4) is 0 Å². The second-order valence-electron chi connectivity index (χ2n) is 5.41. The topological polar surface area (TPSA) is 52.6 Å². The number of hydrogen-bond donors (Lipinski definition) is 2. The molecule has 1 aliphatic heterocycles. The molecule has 4 nitrogen and oxygen atoms in total. The molecule has 0 aliphatic carbocycles. The zero-order chi connectivity index (χ0) is 13.8. The molecule has 2 amide bonds. The van der Waals surface area contributed by atoms with Gasteiger partial charge in [-0.05, 0) is 30.4 Å². The molecule has 104 valence electrons. The van der Waals surface area contributed by atoms with E-state index < -0.39 is 0 Å². The summed E-state index contributed by atoms with van der Waals surface area (Å²) in [6.45, 7) is 5.35. The van der Waals surface area contributed by atoms with E-state index in [4.69, 9.17) is 0 Å². The third-order valence-corrected chi connectivity index (χ3v) is 3.51. The molecule has 1 unspecified atom stereocenters. The van der Waals surface area contributed by atoms with E-state index in [2.05, 4.69) is 19.2 Å². The Balaban J connectivity index is 2.06. The van der Waals surface area contributed by atoms with Gasteiger partial charge in [0.25, 0.3) is 0 Å². The Morgan fingerprint density at radius 3 is 2.84 bits per heavy atom. The largest absolute Gasteiger partial charge is 0.391 e. The van der Waals surface area contributed by atoms with Gasteiger partial charge in [0.2, 0.25) is 0 Å². The number of urea groups is 1. The van der Waals surface area contributed by atoms with Crippen LogP contribution in [0.5, 0.6) is 0 Å². The van der Waals surface area contributed by atoms with Crippen LogP contribution in [0.15, 0.2) is 24.3 Å². The molecule has 2 N–H and O–H groups in total. The number of carbonyl (C=O) groups excluding carboxylic acids is 1. The van der Waals surface area contributed by atoms with Gasteiger partial charge < -0.3 is 15.3 Å². The van der Waals surface area contributed by atoms with Gasteiger partial charge in [0.15, 0.2) is 0 Å². The third-order valence-electron chi connectivity index (χ3n) is 3.51. The quantitative estimate of drug-likeness (QED) is 0.861. The number of aliphatic hydroxyl groups is 1. The van der Waals surface area contributed by atoms with E-state index in [-0.39, 0.29) is 12.1 Å². The summed E-state index contributed by atoms with van der Waals surface area (Å²) >= 11 is 0. The average Bonchev–Trinajstić information content (AvgIpc) is 2.39. The summed E-state index contributed by atoms with van der Waals surface area (Å²) in [5, 5.41) is 12.6. The van der Waals surface area contributed by atoms with Gasteiger partial charge in [-0.15, -0.1) is 0 Å². The zero-order valence-electron chi connectivity index (χ0n) is 11.6. The molecule has 19 heavy (non-hydrogen) atoms. The maximum absolute atomic E-state index is 12.2. The van der Waals surface area contributed by atoms with Crippen molar-refractivity contribution >= 4 is 11.7 Å². The molecule has 1 atom stereocenters. The van der Waals surface area contributed by atoms with E-state index in [1.807, 2.05) is 24.3 Å². The van der Waals surface area contributed by atoms with Gasteiger partial charge in [-0.2, -0.15) is 0 Å². The number of rotatable bonds is 2. The summed E-state index contributed by atoms with van der Waals surface area (Å²) < 4.78 is 0. The van der Waals surface area contributed by atoms with Crippen LogP contribution < -0.4 is 5.32 Å². The van der Waals surface area contributed by atoms with Crippen molar-refractivity contribution in [3.05, 3.63) is 29.8 Å². The van der Waals surface area contributed by atoms with Gasteiger partial charge in [0, 0.05) is 18.8 Å². The Morgan fingerprint density at radius 1 is 1.42 bits per heavy atom. The molecule has 2 rings (SSSR count). The fourth-order valence-electron chi connectivity index (χ4n) is 2.45. The molecule has 0 bridgehead atoms. The van der Waals surface area contributed by atoms with E-state index in [1.54, 1.807) is 4.90 Å². The lowest BCUT2D eigenvalue weighted by molar-refractivity contribution is 0.0883. The summed E-state index contributed by atoms with van der Waals surface area (Å²) in [5.74, 6) is 0.364. The molecule has 0 spiro atoms. The standard InChI is InChI=1S/C15H22N2O2/c1-11(2)13-7-3-4-8-14(13)16-15(19)17-9-5-6-12(18)10-17/h3-4,7-8,11-12,18H,5-6,9-10H2,1-2H3,(H,16,19). The molecule has 1 heterocycles. The van der Waals surface area contributed by atoms with Crippen molar-refractivity contribution in [1.82, 2.24) is 4.90 Å². The number of aliphatic hydroxyl groups excluding tert-OH is 1. The maximum Gasteiger partial charge on any atom is 0.321 e. The second kappa shape index (κ2) is 6.06. The van der Waals surface area contributed by atoms with Crippen LogP contribution in [-0.2, 0) is 0 Å². The van der Waals surface area contributed by atoms with E-state index in [9.17, 15) is 9.90 Å². The minimum Gasteiger partial charge on any atom is -0.391 e. The van der Waals surface area contributed by atoms with E-state index in [0.717, 1.165) is 24.1 Å². The van der Waals surface area contributed by atoms with Crippen molar-refractivity contribution in [2.45, 2.75) is 38.7 Å². The van der Waals surface area contributed by atoms with Crippen molar-refractivity contribution in [1.29, 1.82) is 0 Å². The maximum atomic E-state index is 12.2. The normalized spacial score (nSPS) is 19.6. The summed E-state index contributed by atoms with van der Waals surface area (Å²) in [5.41, 5.74) is 2.00. The highest BCUT2D eigenvalue weighted by molar-refractivity contribution is 5.90. The number of likely N-dealkylation sites (tertiary alicyclic amines) is 1. The first-order chi connectivity index (χ1) is 9.08. The Labute approximate surface area is 114 Å². The highest BCUT2D eigenvalue weighted by atomic mass is 16.3. The monoisotopic (exact) mass is 262 g/mol. The van der Waals surface area contributed by atoms with Crippen LogP contribution in [0.4, 0.5) is 10.5 Å². The lowest BCUT2D eigenvalue weighted by Crippen LogP contribution is -2.44. The molecule has 1 aliphatic rings. The fourth-order valence-corrected chi connectivity index (χ4v) is 2.45. The molecule has 4 heteroatoms. The Bertz CT molecular complexity index is 446. The van der Waals surface area contributed by atoms with Crippen molar-refractivity contribution in [2.24, 2.45) is 0 Å². The number of nitrogens with zero attached hydrogens (tertiary/aromatic N) is 1. The first kappa shape index (κ1) is 13.9. The molecule has 0 aromatic heterocycles. The average molecular weight is 262 g/mol. The smallest absolute Gasteiger partial charge is 0.321 e. The van der Waals surface area contributed by atoms with Gasteiger partial charge in [-0.25, -0.2) is 4.79 Å². The lowest BCUT2D eigenvalue weighted by atomic mass is 10.0. The van der Waals surface area contributed by atoms with Crippen molar-refractivity contribution in [2.75, 3.05) is 18.4 Å². The van der Waals surface area contributed by atoms with Crippen LogP contribution >= 0.6 is 0 Å². The number of nitrogens with one attached hydrogen (secondary N) is 1. The SMILES string of the molecule is CC(C)c1ccccc1NC(=O)N1CCCC(O)C1. The van der Waals surface area contributed by atoms with Gasteiger partial charge in [-0.1, -0.05) is 32.0 Å². The van der Waals surface area contributed by atoms with Gasteiger partial charge in [0.1, 0.15) is 0 Å². The van der Waals surface area contributed by atoms with Crippen LogP contribution in [0.25, 0.3) is 0 Å². The van der Waals surface area contributed by atoms with Crippen LogP contribution in [0.1, 0.15) is 38.2 Å². The van der Waals surface area contributed by atoms with Gasteiger partial charge in [-0.3, -0.25) is 0 Å². The number of β-amino-alcohol motifs (C(OH)–C–C–N with tert-alkyl or cyclic N) is 1. The molecular weight excluding hydrogens is 240 g/mol. The zero-order valence-corrected chi connectivity index (χ0v) is 11.6. The first-order valence-electron chi connectivity index (χ1n) is 6.91. The van der Waals surface area contributed by atoms with Gasteiger partial charge >= 0.3 is 6.03 Å². The number of piperidine rings is 1. The summed E-state index contributed by atoms with van der Waals surface area (Å²) in [6.07, 6.45) is 1.26. The second-order valence-corrected chi connectivity index (χ2v) is 5.41. The number of hydrogen-bond acceptors (Lipinski definition) is 2. The third kappa shape index (κ3) is 3.47. The first-order valence-corrected chi connectivity index (χ1v) is 6.91. The molecule has 1 aromatic carbocycles. The molecule has 0 saturated carbocycles. The molecule has 1 fully saturated rings. The predicted molar refractivity (Wildman–Crippen MR) is 76.4 cm³/mol. The minimum atomic E-state index is -0.389. The summed E-state index contributed by atoms with van der Waals surface area (Å²) in [4.78, 5) is 13.9. The number of para-hydroxylation sites is 1. The van der Waals surface area contributed by atoms with E-state index in [1.165, 1.54) is 0 Å². The Kier molecular flexibility index (Phi) is 4.43. The van der Waals surface area contributed by atoms with Crippen LogP contribution in [0, 0.1) is 0 Å². The Morgan fingerprint density at radius 2 is 2.16 bits per heavy atom. The molecule has 1 saturated heterocycles. The van der Waals surface area contributed by atoms with Crippen molar-refractivity contribution < 1.29 is 9.90 Å². The number of anilines is 1. The highest BCUT2D eigenvalue weighted by Crippen LogP contribution is 2.24. The number of carbonyl (C=O) groups is 1. The minimum absolute atomic E-state index is 0.119.